The number of nitrogens with zero attached hydrogens (tertiary/aromatic N) is 15. The van der Waals surface area contributed by atoms with Crippen molar-refractivity contribution in [1.82, 2.24) is 107 Å². The Hall–Kier alpha value is -6.45. The molecule has 0 bridgehead atoms. The number of aromatic nitrogens is 13. The molecule has 8 heterocycles. The topological polar surface area (TPSA) is 287 Å². The van der Waals surface area contributed by atoms with E-state index < -0.39 is 0 Å². The molecular weight excluding hydrogens is 1200 g/mol. The molecule has 10 N–H and O–H groups in total. The molecule has 96 heavy (non-hydrogen) atoms. The molecule has 0 radical (unpaired) electrons. The number of H-pyrrole nitrogens is 2. The zero-order chi connectivity index (χ0) is 71.3. The number of hydrogen-bond acceptors (Lipinski definition) is 19. The van der Waals surface area contributed by atoms with E-state index >= 15 is 0 Å². The lowest BCUT2D eigenvalue weighted by Gasteiger charge is -2.07. The Morgan fingerprint density at radius 2 is 1.06 bits per heavy atom. The molecule has 8 rings (SSSR count). The van der Waals surface area contributed by atoms with Crippen LogP contribution in [0.15, 0.2) is 93.6 Å². The lowest BCUT2D eigenvalue weighted by Crippen LogP contribution is -2.25. The van der Waals surface area contributed by atoms with E-state index in [1.165, 1.54) is 11.4 Å². The van der Waals surface area contributed by atoms with Gasteiger partial charge in [0.2, 0.25) is 0 Å². The van der Waals surface area contributed by atoms with E-state index in [2.05, 4.69) is 269 Å². The molecule has 0 unspecified atom stereocenters. The Morgan fingerprint density at radius 3 is 1.50 bits per heavy atom. The maximum atomic E-state index is 4.38. The third kappa shape index (κ3) is 50.9. The van der Waals surface area contributed by atoms with Gasteiger partial charge in [-0.1, -0.05) is 116 Å². The predicted octanol–water partition coefficient (Wildman–Crippen LogP) is 9.98. The molecule has 0 saturated carbocycles. The van der Waals surface area contributed by atoms with Crippen LogP contribution in [-0.4, -0.2) is 161 Å². The number of aliphatic imine (C=N–C) groups is 2. The molecule has 0 atom stereocenters. The lowest BCUT2D eigenvalue weighted by molar-refractivity contribution is 0.542. The van der Waals surface area contributed by atoms with Crippen molar-refractivity contribution in [2.75, 3.05) is 85.1 Å². The highest BCUT2D eigenvalue weighted by atomic mass is 15.4. The van der Waals surface area contributed by atoms with E-state index in [4.69, 9.17) is 0 Å². The normalized spacial score (nSPS) is 12.2. The van der Waals surface area contributed by atoms with Gasteiger partial charge in [0.05, 0.1) is 55.3 Å². The Bertz CT molecular complexity index is 2700. The maximum Gasteiger partial charge on any atom is 0.164 e. The fourth-order valence-corrected chi connectivity index (χ4v) is 8.24. The summed E-state index contributed by atoms with van der Waals surface area (Å²) in [6.07, 6.45) is 16.6. The quantitative estimate of drug-likeness (QED) is 0.0166. The van der Waals surface area contributed by atoms with Gasteiger partial charge in [0.25, 0.3) is 0 Å². The molecule has 544 valence electrons. The van der Waals surface area contributed by atoms with Crippen LogP contribution in [0.25, 0.3) is 0 Å². The molecule has 6 aromatic rings. The average Bonchev–Trinajstić information content (AvgIpc) is 3.88. The SMILES string of the molecule is CC(C)CNCC1=CCN=N1.CC(C)CNCC1=NCC=N1.CC(C)CNCCc1cnc[nH]1.CC(C)CNCc1cccn1C.CC(C)CNCc1ccn(C)n1.CCn1cc(CNCC(C)C)nn1.CCn1ccc(CNCC(C)C)n1.Cc1nc(CNCC(C)C)n[nH]1. The molecule has 0 spiro atoms. The summed E-state index contributed by atoms with van der Waals surface area (Å²) in [4.78, 5) is 19.5. The minimum Gasteiger partial charge on any atom is -0.353 e. The molecule has 2 aliphatic heterocycles. The van der Waals surface area contributed by atoms with Gasteiger partial charge in [-0.15, -0.1) is 5.10 Å². The molecule has 0 amide bonds. The first-order valence-electron chi connectivity index (χ1n) is 35.5. The molecule has 25 heteroatoms. The van der Waals surface area contributed by atoms with Gasteiger partial charge in [-0.3, -0.25) is 24.1 Å². The molecule has 0 saturated heterocycles. The van der Waals surface area contributed by atoms with Crippen LogP contribution in [0, 0.1) is 54.3 Å². The maximum absolute atomic E-state index is 4.38. The van der Waals surface area contributed by atoms with Gasteiger partial charge < -0.3 is 52.1 Å². The van der Waals surface area contributed by atoms with E-state index in [1.807, 2.05) is 71.2 Å². The second kappa shape index (κ2) is 55.5. The first kappa shape index (κ1) is 87.6. The number of hydrogen-bond donors (Lipinski definition) is 10. The summed E-state index contributed by atoms with van der Waals surface area (Å²) >= 11 is 0. The van der Waals surface area contributed by atoms with Gasteiger partial charge in [-0.2, -0.15) is 25.5 Å². The second-order valence-corrected chi connectivity index (χ2v) is 27.4. The van der Waals surface area contributed by atoms with E-state index in [0.717, 1.165) is 189 Å². The first-order valence-corrected chi connectivity index (χ1v) is 35.5. The van der Waals surface area contributed by atoms with Crippen LogP contribution in [0.5, 0.6) is 0 Å². The zero-order valence-electron chi connectivity index (χ0n) is 63.6. The van der Waals surface area contributed by atoms with Crippen molar-refractivity contribution in [1.29, 1.82) is 0 Å². The molecule has 2 aliphatic rings. The van der Waals surface area contributed by atoms with Crippen molar-refractivity contribution in [3.05, 3.63) is 113 Å². The van der Waals surface area contributed by atoms with Gasteiger partial charge in [-0.05, 0) is 151 Å². The van der Waals surface area contributed by atoms with Crippen molar-refractivity contribution >= 4 is 12.1 Å². The highest BCUT2D eigenvalue weighted by Gasteiger charge is 2.05. The predicted molar refractivity (Wildman–Crippen MR) is 400 cm³/mol. The monoisotopic (exact) mass is 1340 g/mol. The van der Waals surface area contributed by atoms with Crippen molar-refractivity contribution in [3.63, 3.8) is 0 Å². The highest BCUT2D eigenvalue weighted by Crippen LogP contribution is 2.05. The minimum absolute atomic E-state index is 0.671. The van der Waals surface area contributed by atoms with Gasteiger partial charge in [-0.25, -0.2) is 15.0 Å². The summed E-state index contributed by atoms with van der Waals surface area (Å²) in [5.41, 5.74) is 6.87. The summed E-state index contributed by atoms with van der Waals surface area (Å²) < 4.78 is 7.76. The summed E-state index contributed by atoms with van der Waals surface area (Å²) in [6, 6.07) is 8.32. The Balaban J connectivity index is 0.000000549. The Morgan fingerprint density at radius 1 is 0.542 bits per heavy atom. The standard InChI is InChI=1S/C10H19N3.C10H18N2.C9H18N4.2C9H17N3.C8H16N4.2C8H15N3/c1-4-13-6-5-10(12-13)8-11-7-9(2)3;1-9(2)7-11-8-10-5-4-6-12(10)3;1-4-13-7-9(11-12-13)6-10-5-8(2)3;1-8(2)6-10-7-9-4-5-12(3)11-9;1-8(2)5-10-4-3-9-6-11-7-12-9;1-6(2)4-9-5-8-10-7(3)11-12-8;1-7(2)5-9-6-8-10-3-4-11-8;1-7(2)5-9-6-8-3-4-10-11-8/h5-6,9,11H,4,7-8H2,1-3H3;4-6,9,11H,7-8H2,1-3H3;7-8,10H,4-6H2,1-3H3;4-5,8,10H,6-7H2,1-3H3;6-8,10H,3-5H2,1-2H3,(H,11,12);6,9H,4-5H2,1-3H3,(H,10,11,12);2*3,7,9H,4-6H2,1-2H3. The first-order chi connectivity index (χ1) is 45.9. The van der Waals surface area contributed by atoms with Gasteiger partial charge in [0, 0.05) is 121 Å². The third-order valence-corrected chi connectivity index (χ3v) is 13.2. The van der Waals surface area contributed by atoms with E-state index in [-0.39, 0.29) is 0 Å². The minimum atomic E-state index is 0.671. The summed E-state index contributed by atoms with van der Waals surface area (Å²) in [7, 11) is 4.01. The average molecular weight is 1340 g/mol. The van der Waals surface area contributed by atoms with Gasteiger partial charge in [0.15, 0.2) is 5.82 Å². The summed E-state index contributed by atoms with van der Waals surface area (Å²) in [6.45, 7) is 60.0. The van der Waals surface area contributed by atoms with Crippen LogP contribution in [0.3, 0.4) is 0 Å². The molecule has 25 nitrogen and oxygen atoms in total. The molecule has 0 fully saturated rings. The number of aryl methyl sites for hydroxylation is 5. The van der Waals surface area contributed by atoms with Crippen molar-refractivity contribution in [2.45, 2.75) is 184 Å². The number of imidazole rings is 1. The zero-order valence-corrected chi connectivity index (χ0v) is 63.6. The molecule has 6 aromatic heterocycles. The summed E-state index contributed by atoms with van der Waals surface area (Å²) in [5, 5.41) is 57.9. The van der Waals surface area contributed by atoms with Gasteiger partial charge in [0.1, 0.15) is 11.7 Å². The van der Waals surface area contributed by atoms with Crippen molar-refractivity contribution in [3.8, 4) is 0 Å². The van der Waals surface area contributed by atoms with E-state index in [0.29, 0.717) is 35.5 Å². The van der Waals surface area contributed by atoms with Crippen LogP contribution in [0.2, 0.25) is 0 Å². The molecule has 0 aliphatic carbocycles. The second-order valence-electron chi connectivity index (χ2n) is 27.4. The van der Waals surface area contributed by atoms with Crippen LogP contribution >= 0.6 is 0 Å². The van der Waals surface area contributed by atoms with Crippen LogP contribution in [-0.2, 0) is 66.3 Å². The van der Waals surface area contributed by atoms with E-state index in [1.54, 1.807) is 6.33 Å². The number of aromatic amines is 2. The number of amidine groups is 1. The number of azo groups is 1. The van der Waals surface area contributed by atoms with Gasteiger partial charge >= 0.3 is 0 Å². The lowest BCUT2D eigenvalue weighted by atomic mass is 10.2. The fourth-order valence-electron chi connectivity index (χ4n) is 8.24. The number of rotatable bonds is 35. The Kier molecular flexibility index (Phi) is 50.7. The number of nitrogens with one attached hydrogen (secondary N) is 10. The largest absolute Gasteiger partial charge is 0.353 e. The fraction of sp³-hybridized carbons (Fsp3) is 0.704. The Labute approximate surface area is 580 Å². The van der Waals surface area contributed by atoms with Crippen molar-refractivity contribution in [2.24, 2.45) is 81.7 Å². The van der Waals surface area contributed by atoms with Crippen LogP contribution in [0.1, 0.15) is 165 Å². The highest BCUT2D eigenvalue weighted by molar-refractivity contribution is 5.95. The van der Waals surface area contributed by atoms with E-state index in [9.17, 15) is 0 Å². The molecular formula is C71H135N25. The molecule has 0 aromatic carbocycles. The smallest absolute Gasteiger partial charge is 0.164 e. The van der Waals surface area contributed by atoms with Crippen molar-refractivity contribution < 1.29 is 0 Å². The van der Waals surface area contributed by atoms with Crippen LogP contribution < -0.4 is 42.5 Å². The summed E-state index contributed by atoms with van der Waals surface area (Å²) in [5.74, 6) is 8.26. The third-order valence-electron chi connectivity index (χ3n) is 13.2. The van der Waals surface area contributed by atoms with Crippen LogP contribution in [0.4, 0.5) is 0 Å².